The lowest BCUT2D eigenvalue weighted by atomic mass is 9.88. The number of imidazole rings is 1. The van der Waals surface area contributed by atoms with Gasteiger partial charge in [-0.1, -0.05) is 20.8 Å². The second-order valence-electron chi connectivity index (χ2n) is 7.48. The van der Waals surface area contributed by atoms with Gasteiger partial charge in [-0.05, 0) is 30.5 Å². The highest BCUT2D eigenvalue weighted by molar-refractivity contribution is 5.97. The number of benzene rings is 1. The number of hydrogen-bond acceptors (Lipinski definition) is 3. The van der Waals surface area contributed by atoms with E-state index in [1.165, 1.54) is 0 Å². The number of fused-ring (bicyclic) bond motifs is 1. The fourth-order valence-electron chi connectivity index (χ4n) is 2.98. The van der Waals surface area contributed by atoms with Crippen molar-refractivity contribution in [1.29, 1.82) is 0 Å². The lowest BCUT2D eigenvalue weighted by Gasteiger charge is -2.28. The molecule has 0 spiro atoms. The van der Waals surface area contributed by atoms with E-state index in [0.29, 0.717) is 31.9 Å². The molecule has 2 heterocycles. The van der Waals surface area contributed by atoms with Crippen LogP contribution in [0.3, 0.4) is 0 Å². The molecule has 1 aliphatic heterocycles. The van der Waals surface area contributed by atoms with Crippen LogP contribution in [0.25, 0.3) is 11.0 Å². The summed E-state index contributed by atoms with van der Waals surface area (Å²) in [5.41, 5.74) is 1.95. The number of hydrogen-bond donors (Lipinski definition) is 1. The summed E-state index contributed by atoms with van der Waals surface area (Å²) >= 11 is 0. The molecule has 1 aromatic carbocycles. The molecule has 0 unspecified atom stereocenters. The Morgan fingerprint density at radius 1 is 1.25 bits per heavy atom. The van der Waals surface area contributed by atoms with Crippen LogP contribution in [0.1, 0.15) is 44.1 Å². The summed E-state index contributed by atoms with van der Waals surface area (Å²) in [6.45, 7) is 10.7. The van der Waals surface area contributed by atoms with Crippen LogP contribution in [0.15, 0.2) is 23.0 Å². The smallest absolute Gasteiger partial charge is 0.326 e. The predicted octanol–water partition coefficient (Wildman–Crippen LogP) is 2.41. The van der Waals surface area contributed by atoms with Gasteiger partial charge < -0.3 is 14.6 Å². The molecule has 2 aromatic rings. The van der Waals surface area contributed by atoms with Crippen molar-refractivity contribution in [3.8, 4) is 0 Å². The van der Waals surface area contributed by atoms with Gasteiger partial charge in [-0.25, -0.2) is 4.79 Å². The van der Waals surface area contributed by atoms with Crippen molar-refractivity contribution in [2.75, 3.05) is 26.3 Å². The Labute approximate surface area is 141 Å². The number of H-pyrrole nitrogens is 1. The molecule has 0 aliphatic carbocycles. The van der Waals surface area contributed by atoms with Gasteiger partial charge in [-0.15, -0.1) is 0 Å². The van der Waals surface area contributed by atoms with E-state index < -0.39 is 0 Å². The average molecular weight is 331 g/mol. The van der Waals surface area contributed by atoms with Crippen LogP contribution in [0, 0.1) is 5.41 Å². The van der Waals surface area contributed by atoms with Gasteiger partial charge in [-0.3, -0.25) is 9.36 Å². The SMILES string of the molecule is C[C@@H](n1c(=O)[nH]c2ccc(C(=O)N3CCOCC3)cc21)C(C)(C)C. The molecule has 0 radical (unpaired) electrons. The molecule has 3 rings (SSSR count). The Balaban J connectivity index is 2.04. The predicted molar refractivity (Wildman–Crippen MR) is 93.4 cm³/mol. The summed E-state index contributed by atoms with van der Waals surface area (Å²) in [6.07, 6.45) is 0. The van der Waals surface area contributed by atoms with Crippen LogP contribution in [0.4, 0.5) is 0 Å². The monoisotopic (exact) mass is 331 g/mol. The van der Waals surface area contributed by atoms with Crippen molar-refractivity contribution >= 4 is 16.9 Å². The van der Waals surface area contributed by atoms with Crippen LogP contribution in [0.2, 0.25) is 0 Å². The number of rotatable bonds is 2. The summed E-state index contributed by atoms with van der Waals surface area (Å²) in [4.78, 5) is 29.8. The first kappa shape index (κ1) is 16.8. The summed E-state index contributed by atoms with van der Waals surface area (Å²) in [5.74, 6) is -0.0104. The van der Waals surface area contributed by atoms with Gasteiger partial charge in [-0.2, -0.15) is 0 Å². The highest BCUT2D eigenvalue weighted by atomic mass is 16.5. The molecule has 0 saturated carbocycles. The van der Waals surface area contributed by atoms with Crippen LogP contribution in [0.5, 0.6) is 0 Å². The first-order chi connectivity index (χ1) is 11.3. The van der Waals surface area contributed by atoms with Gasteiger partial charge >= 0.3 is 5.69 Å². The van der Waals surface area contributed by atoms with Gasteiger partial charge in [0.25, 0.3) is 5.91 Å². The summed E-state index contributed by atoms with van der Waals surface area (Å²) in [5, 5.41) is 0. The maximum atomic E-state index is 12.7. The van der Waals surface area contributed by atoms with E-state index in [1.807, 2.05) is 19.1 Å². The van der Waals surface area contributed by atoms with E-state index in [2.05, 4.69) is 25.8 Å². The minimum absolute atomic E-state index is 0.00693. The molecule has 1 aliphatic rings. The third-order valence-corrected chi connectivity index (χ3v) is 4.90. The lowest BCUT2D eigenvalue weighted by molar-refractivity contribution is 0.0303. The Hall–Kier alpha value is -2.08. The number of carbonyl (C=O) groups is 1. The molecule has 1 aromatic heterocycles. The number of amides is 1. The van der Waals surface area contributed by atoms with Gasteiger partial charge in [0, 0.05) is 24.7 Å². The zero-order chi connectivity index (χ0) is 17.5. The van der Waals surface area contributed by atoms with E-state index >= 15 is 0 Å². The van der Waals surface area contributed by atoms with E-state index in [0.717, 1.165) is 11.0 Å². The third kappa shape index (κ3) is 2.98. The fraction of sp³-hybridized carbons (Fsp3) is 0.556. The highest BCUT2D eigenvalue weighted by Crippen LogP contribution is 2.31. The Morgan fingerprint density at radius 3 is 2.54 bits per heavy atom. The number of aromatic nitrogens is 2. The molecule has 1 atom stereocenters. The fourth-order valence-corrected chi connectivity index (χ4v) is 2.98. The molecule has 130 valence electrons. The summed E-state index contributed by atoms with van der Waals surface area (Å²) in [6, 6.07) is 5.43. The topological polar surface area (TPSA) is 67.3 Å². The van der Waals surface area contributed by atoms with Gasteiger partial charge in [0.2, 0.25) is 0 Å². The number of nitrogens with zero attached hydrogens (tertiary/aromatic N) is 2. The van der Waals surface area contributed by atoms with Crippen molar-refractivity contribution < 1.29 is 9.53 Å². The molecule has 24 heavy (non-hydrogen) atoms. The van der Waals surface area contributed by atoms with Gasteiger partial charge in [0.15, 0.2) is 0 Å². The second-order valence-corrected chi connectivity index (χ2v) is 7.48. The van der Waals surface area contributed by atoms with Gasteiger partial charge in [0.05, 0.1) is 24.2 Å². The lowest BCUT2D eigenvalue weighted by Crippen LogP contribution is -2.40. The number of nitrogens with one attached hydrogen (secondary N) is 1. The number of aromatic amines is 1. The molecule has 1 saturated heterocycles. The highest BCUT2D eigenvalue weighted by Gasteiger charge is 2.26. The minimum atomic E-state index is -0.136. The molecule has 6 heteroatoms. The van der Waals surface area contributed by atoms with Crippen molar-refractivity contribution in [3.63, 3.8) is 0 Å². The van der Waals surface area contributed by atoms with Crippen LogP contribution in [-0.2, 0) is 4.74 Å². The number of carbonyl (C=O) groups excluding carboxylic acids is 1. The normalized spacial score (nSPS) is 17.2. The first-order valence-electron chi connectivity index (χ1n) is 8.40. The van der Waals surface area contributed by atoms with E-state index in [-0.39, 0.29) is 23.1 Å². The van der Waals surface area contributed by atoms with Crippen molar-refractivity contribution in [2.45, 2.75) is 33.7 Å². The van der Waals surface area contributed by atoms with Crippen LogP contribution < -0.4 is 5.69 Å². The molecule has 1 amide bonds. The largest absolute Gasteiger partial charge is 0.378 e. The Morgan fingerprint density at radius 2 is 1.92 bits per heavy atom. The van der Waals surface area contributed by atoms with Crippen LogP contribution >= 0.6 is 0 Å². The zero-order valence-electron chi connectivity index (χ0n) is 14.8. The first-order valence-corrected chi connectivity index (χ1v) is 8.40. The minimum Gasteiger partial charge on any atom is -0.378 e. The van der Waals surface area contributed by atoms with Crippen LogP contribution in [-0.4, -0.2) is 46.7 Å². The van der Waals surface area contributed by atoms with E-state index in [1.54, 1.807) is 15.5 Å². The maximum Gasteiger partial charge on any atom is 0.326 e. The van der Waals surface area contributed by atoms with Crippen molar-refractivity contribution in [2.24, 2.45) is 5.41 Å². The Bertz CT molecular complexity index is 807. The molecule has 6 nitrogen and oxygen atoms in total. The third-order valence-electron chi connectivity index (χ3n) is 4.90. The molecule has 1 fully saturated rings. The summed E-state index contributed by atoms with van der Waals surface area (Å²) < 4.78 is 7.06. The zero-order valence-corrected chi connectivity index (χ0v) is 14.8. The number of morpholine rings is 1. The average Bonchev–Trinajstić information content (AvgIpc) is 2.88. The quantitative estimate of drug-likeness (QED) is 0.919. The number of ether oxygens (including phenoxy) is 1. The summed E-state index contributed by atoms with van der Waals surface area (Å²) in [7, 11) is 0. The second kappa shape index (κ2) is 6.09. The molecular weight excluding hydrogens is 306 g/mol. The van der Waals surface area contributed by atoms with Crippen molar-refractivity contribution in [1.82, 2.24) is 14.5 Å². The van der Waals surface area contributed by atoms with E-state index in [9.17, 15) is 9.59 Å². The Kier molecular flexibility index (Phi) is 4.25. The molecule has 0 bridgehead atoms. The molecule has 1 N–H and O–H groups in total. The maximum absolute atomic E-state index is 12.7. The standard InChI is InChI=1S/C18H25N3O3/c1-12(18(2,3)4)21-15-11-13(5-6-14(15)19-17(21)23)16(22)20-7-9-24-10-8-20/h5-6,11-12H,7-10H2,1-4H3,(H,19,23)/t12-/m1/s1. The van der Waals surface area contributed by atoms with E-state index in [4.69, 9.17) is 4.74 Å². The van der Waals surface area contributed by atoms with Crippen molar-refractivity contribution in [3.05, 3.63) is 34.2 Å². The molecular formula is C18H25N3O3. The van der Waals surface area contributed by atoms with Gasteiger partial charge in [0.1, 0.15) is 0 Å².